The Morgan fingerprint density at radius 1 is 1.36 bits per heavy atom. The smallest absolute Gasteiger partial charge is 0.191 e. The van der Waals surface area contributed by atoms with E-state index in [1.54, 1.807) is 0 Å². The first-order valence-corrected chi connectivity index (χ1v) is 10.3. The van der Waals surface area contributed by atoms with E-state index in [2.05, 4.69) is 52.0 Å². The van der Waals surface area contributed by atoms with Crippen LogP contribution in [0.2, 0.25) is 0 Å². The molecule has 6 heteroatoms. The Morgan fingerprint density at radius 3 is 2.92 bits per heavy atom. The molecule has 1 aromatic rings. The third-order valence-electron chi connectivity index (χ3n) is 5.24. The first-order chi connectivity index (χ1) is 11.7. The van der Waals surface area contributed by atoms with Crippen molar-refractivity contribution in [3.8, 4) is 0 Å². The Kier molecular flexibility index (Phi) is 8.19. The van der Waals surface area contributed by atoms with Gasteiger partial charge in [-0.15, -0.1) is 24.0 Å². The Hall–Kier alpha value is -0.630. The van der Waals surface area contributed by atoms with Crippen LogP contribution in [0.5, 0.6) is 0 Å². The van der Waals surface area contributed by atoms with Crippen molar-refractivity contribution in [3.05, 3.63) is 29.3 Å². The predicted molar refractivity (Wildman–Crippen MR) is 122 cm³/mol. The molecular weight excluding hydrogens is 443 g/mol. The molecule has 140 valence electrons. The van der Waals surface area contributed by atoms with Crippen LogP contribution in [-0.2, 0) is 13.0 Å². The minimum atomic E-state index is 0. The van der Waals surface area contributed by atoms with Crippen LogP contribution in [0.15, 0.2) is 23.2 Å². The second kappa shape index (κ2) is 9.90. The number of guanidine groups is 1. The number of nitrogens with zero attached hydrogens (tertiary/aromatic N) is 2. The number of hydrogen-bond acceptors (Lipinski definition) is 3. The van der Waals surface area contributed by atoms with E-state index in [4.69, 9.17) is 0 Å². The second-order valence-electron chi connectivity index (χ2n) is 6.93. The van der Waals surface area contributed by atoms with Gasteiger partial charge in [-0.05, 0) is 55.6 Å². The number of fused-ring (bicyclic) bond motifs is 1. The molecule has 2 unspecified atom stereocenters. The van der Waals surface area contributed by atoms with Crippen molar-refractivity contribution in [2.24, 2.45) is 4.99 Å². The molecule has 2 atom stereocenters. The van der Waals surface area contributed by atoms with Gasteiger partial charge >= 0.3 is 0 Å². The summed E-state index contributed by atoms with van der Waals surface area (Å²) in [6.45, 7) is 1.99. The largest absolute Gasteiger partial charge is 0.374 e. The number of rotatable bonds is 4. The van der Waals surface area contributed by atoms with Crippen molar-refractivity contribution in [2.75, 3.05) is 31.8 Å². The van der Waals surface area contributed by atoms with Crippen LogP contribution in [0.1, 0.15) is 36.8 Å². The zero-order valence-corrected chi connectivity index (χ0v) is 18.7. The number of anilines is 1. The lowest BCUT2D eigenvalue weighted by Crippen LogP contribution is -2.42. The minimum absolute atomic E-state index is 0. The highest BCUT2D eigenvalue weighted by Gasteiger charge is 2.24. The van der Waals surface area contributed by atoms with Crippen molar-refractivity contribution in [1.82, 2.24) is 10.6 Å². The first-order valence-electron chi connectivity index (χ1n) is 9.02. The van der Waals surface area contributed by atoms with Crippen molar-refractivity contribution in [1.29, 1.82) is 0 Å². The lowest BCUT2D eigenvalue weighted by Gasteiger charge is -2.28. The highest BCUT2D eigenvalue weighted by Crippen LogP contribution is 2.28. The molecule has 1 fully saturated rings. The molecule has 1 heterocycles. The van der Waals surface area contributed by atoms with Crippen LogP contribution < -0.4 is 15.5 Å². The molecule has 0 saturated heterocycles. The molecule has 1 aliphatic carbocycles. The molecule has 2 aliphatic rings. The lowest BCUT2D eigenvalue weighted by atomic mass is 9.99. The van der Waals surface area contributed by atoms with Gasteiger partial charge in [0.2, 0.25) is 0 Å². The maximum Gasteiger partial charge on any atom is 0.191 e. The van der Waals surface area contributed by atoms with Crippen LogP contribution in [-0.4, -0.2) is 44.1 Å². The Bertz CT molecular complexity index is 593. The third-order valence-corrected chi connectivity index (χ3v) is 6.33. The average Bonchev–Trinajstić information content (AvgIpc) is 3.06. The van der Waals surface area contributed by atoms with Crippen LogP contribution in [0.25, 0.3) is 0 Å². The zero-order chi connectivity index (χ0) is 16.9. The summed E-state index contributed by atoms with van der Waals surface area (Å²) in [5.41, 5.74) is 4.20. The number of thioether (sulfide) groups is 1. The van der Waals surface area contributed by atoms with Crippen molar-refractivity contribution < 1.29 is 0 Å². The molecule has 4 nitrogen and oxygen atoms in total. The molecule has 1 aliphatic heterocycles. The van der Waals surface area contributed by atoms with Gasteiger partial charge in [0.05, 0.1) is 0 Å². The van der Waals surface area contributed by atoms with Gasteiger partial charge in [-0.1, -0.05) is 12.1 Å². The number of aryl methyl sites for hydroxylation is 1. The van der Waals surface area contributed by atoms with Crippen molar-refractivity contribution >= 4 is 47.4 Å². The van der Waals surface area contributed by atoms with Crippen molar-refractivity contribution in [2.45, 2.75) is 49.9 Å². The third kappa shape index (κ3) is 5.42. The predicted octanol–water partition coefficient (Wildman–Crippen LogP) is 3.64. The molecule has 0 aromatic heterocycles. The van der Waals surface area contributed by atoms with E-state index in [0.717, 1.165) is 17.8 Å². The molecule has 0 amide bonds. The van der Waals surface area contributed by atoms with Gasteiger partial charge in [-0.25, -0.2) is 0 Å². The normalized spacial score (nSPS) is 23.0. The standard InChI is InChI=1S/C19H30N4S.HI/c1-20-19(22-16-7-8-17(12-16)24-3)21-13-14-6-9-18-15(11-14)5-4-10-23(18)2;/h6,9,11,16-17H,4-5,7-8,10,12-13H2,1-3H3,(H2,20,21,22);1H. The molecule has 0 bridgehead atoms. The van der Waals surface area contributed by atoms with Gasteiger partial charge in [-0.2, -0.15) is 11.8 Å². The molecule has 0 radical (unpaired) electrons. The number of aliphatic imine (C=N–C) groups is 1. The monoisotopic (exact) mass is 474 g/mol. The summed E-state index contributed by atoms with van der Waals surface area (Å²) in [5.74, 6) is 0.927. The molecule has 25 heavy (non-hydrogen) atoms. The maximum absolute atomic E-state index is 4.40. The Balaban J connectivity index is 0.00000225. The topological polar surface area (TPSA) is 39.7 Å². The summed E-state index contributed by atoms with van der Waals surface area (Å²) >= 11 is 1.99. The number of benzene rings is 1. The summed E-state index contributed by atoms with van der Waals surface area (Å²) in [6, 6.07) is 7.41. The van der Waals surface area contributed by atoms with Crippen LogP contribution in [0.4, 0.5) is 5.69 Å². The SMILES string of the molecule is CN=C(NCc1ccc2c(c1)CCCN2C)NC1CCC(SC)C1.I. The Labute approximate surface area is 173 Å². The van der Waals surface area contributed by atoms with Gasteiger partial charge in [0.15, 0.2) is 5.96 Å². The van der Waals surface area contributed by atoms with Crippen LogP contribution in [0, 0.1) is 0 Å². The second-order valence-corrected chi connectivity index (χ2v) is 8.06. The first kappa shape index (κ1) is 20.7. The van der Waals surface area contributed by atoms with E-state index in [1.807, 2.05) is 18.8 Å². The van der Waals surface area contributed by atoms with E-state index in [1.165, 1.54) is 55.5 Å². The van der Waals surface area contributed by atoms with Gasteiger partial charge in [0, 0.05) is 44.2 Å². The fourth-order valence-electron chi connectivity index (χ4n) is 3.81. The quantitative estimate of drug-likeness (QED) is 0.397. The summed E-state index contributed by atoms with van der Waals surface area (Å²) in [6.07, 6.45) is 8.47. The molecule has 0 spiro atoms. The maximum atomic E-state index is 4.40. The summed E-state index contributed by atoms with van der Waals surface area (Å²) in [4.78, 5) is 6.76. The highest BCUT2D eigenvalue weighted by molar-refractivity contribution is 14.0. The summed E-state index contributed by atoms with van der Waals surface area (Å²) in [5, 5.41) is 7.87. The minimum Gasteiger partial charge on any atom is -0.374 e. The molecule has 2 N–H and O–H groups in total. The van der Waals surface area contributed by atoms with E-state index in [0.29, 0.717) is 6.04 Å². The molecule has 3 rings (SSSR count). The molecule has 1 saturated carbocycles. The van der Waals surface area contributed by atoms with E-state index in [9.17, 15) is 0 Å². The van der Waals surface area contributed by atoms with E-state index >= 15 is 0 Å². The van der Waals surface area contributed by atoms with Crippen molar-refractivity contribution in [3.63, 3.8) is 0 Å². The van der Waals surface area contributed by atoms with E-state index in [-0.39, 0.29) is 24.0 Å². The van der Waals surface area contributed by atoms with Gasteiger partial charge in [-0.3, -0.25) is 4.99 Å². The number of halogens is 1. The number of nitrogens with one attached hydrogen (secondary N) is 2. The lowest BCUT2D eigenvalue weighted by molar-refractivity contribution is 0.614. The van der Waals surface area contributed by atoms with E-state index < -0.39 is 0 Å². The summed E-state index contributed by atoms with van der Waals surface area (Å²) in [7, 11) is 4.04. The molecular formula is C19H31IN4S. The average molecular weight is 474 g/mol. The molecule has 1 aromatic carbocycles. The van der Waals surface area contributed by atoms with Gasteiger partial charge in [0.25, 0.3) is 0 Å². The Morgan fingerprint density at radius 2 is 2.20 bits per heavy atom. The number of hydrogen-bond donors (Lipinski definition) is 2. The van der Waals surface area contributed by atoms with Crippen LogP contribution in [0.3, 0.4) is 0 Å². The highest BCUT2D eigenvalue weighted by atomic mass is 127. The van der Waals surface area contributed by atoms with Crippen LogP contribution >= 0.6 is 35.7 Å². The summed E-state index contributed by atoms with van der Waals surface area (Å²) < 4.78 is 0. The van der Waals surface area contributed by atoms with Gasteiger partial charge < -0.3 is 15.5 Å². The van der Waals surface area contributed by atoms with Gasteiger partial charge in [0.1, 0.15) is 0 Å². The fourth-order valence-corrected chi connectivity index (χ4v) is 4.60. The zero-order valence-electron chi connectivity index (χ0n) is 15.5. The fraction of sp³-hybridized carbons (Fsp3) is 0.632.